The van der Waals surface area contributed by atoms with Gasteiger partial charge >= 0.3 is 0 Å². The summed E-state index contributed by atoms with van der Waals surface area (Å²) in [5.41, 5.74) is 0.179. The summed E-state index contributed by atoms with van der Waals surface area (Å²) in [5.74, 6) is -1.66. The van der Waals surface area contributed by atoms with Crippen molar-refractivity contribution in [1.82, 2.24) is 10.6 Å². The minimum Gasteiger partial charge on any atom is -0.378 e. The van der Waals surface area contributed by atoms with E-state index in [1.54, 1.807) is 7.11 Å². The zero-order valence-electron chi connectivity index (χ0n) is 10.6. The molecule has 0 spiro atoms. The third-order valence-corrected chi connectivity index (χ3v) is 3.17. The standard InChI is InChI=1S/C13H16F2N2O2/c1-19-12-7-16-6-11(12)17-13(18)4-8-2-3-9(14)5-10(8)15/h2-3,5,11-12,16H,4,6-7H2,1H3,(H,17,18)/t11?,12-/m0/s1. The van der Waals surface area contributed by atoms with Crippen LogP contribution in [0.2, 0.25) is 0 Å². The molecule has 1 amide bonds. The number of hydrogen-bond acceptors (Lipinski definition) is 3. The van der Waals surface area contributed by atoms with E-state index >= 15 is 0 Å². The average Bonchev–Trinajstić information content (AvgIpc) is 2.80. The van der Waals surface area contributed by atoms with E-state index in [1.165, 1.54) is 6.07 Å². The van der Waals surface area contributed by atoms with Gasteiger partial charge in [-0.3, -0.25) is 4.79 Å². The smallest absolute Gasteiger partial charge is 0.224 e. The summed E-state index contributed by atoms with van der Waals surface area (Å²) in [6.07, 6.45) is -0.194. The first kappa shape index (κ1) is 13.9. The molecule has 0 bridgehead atoms. The molecule has 2 N–H and O–H groups in total. The van der Waals surface area contributed by atoms with Gasteiger partial charge in [-0.25, -0.2) is 8.78 Å². The number of hydrogen-bond donors (Lipinski definition) is 2. The maximum atomic E-state index is 13.4. The van der Waals surface area contributed by atoms with Gasteiger partial charge in [0.25, 0.3) is 0 Å². The van der Waals surface area contributed by atoms with Crippen LogP contribution < -0.4 is 10.6 Å². The molecule has 1 fully saturated rings. The SMILES string of the molecule is CO[C@H]1CNCC1NC(=O)Cc1ccc(F)cc1F. The predicted molar refractivity (Wildman–Crippen MR) is 65.7 cm³/mol. The molecule has 6 heteroatoms. The van der Waals surface area contributed by atoms with Gasteiger partial charge in [0, 0.05) is 26.3 Å². The Morgan fingerprint density at radius 2 is 2.26 bits per heavy atom. The molecule has 1 aromatic carbocycles. The third-order valence-electron chi connectivity index (χ3n) is 3.17. The van der Waals surface area contributed by atoms with Crippen LogP contribution in [0.3, 0.4) is 0 Å². The van der Waals surface area contributed by atoms with Crippen LogP contribution in [0.1, 0.15) is 5.56 Å². The molecule has 2 atom stereocenters. The molecule has 0 aliphatic carbocycles. The highest BCUT2D eigenvalue weighted by molar-refractivity contribution is 5.79. The summed E-state index contributed by atoms with van der Waals surface area (Å²) >= 11 is 0. The number of methoxy groups -OCH3 is 1. The van der Waals surface area contributed by atoms with Crippen LogP contribution in [-0.4, -0.2) is 38.3 Å². The fourth-order valence-electron chi connectivity index (χ4n) is 2.14. The molecule has 19 heavy (non-hydrogen) atoms. The molecule has 1 aliphatic rings. The van der Waals surface area contributed by atoms with Gasteiger partial charge in [0.15, 0.2) is 0 Å². The van der Waals surface area contributed by atoms with Crippen LogP contribution >= 0.6 is 0 Å². The highest BCUT2D eigenvalue weighted by Gasteiger charge is 2.28. The van der Waals surface area contributed by atoms with Gasteiger partial charge < -0.3 is 15.4 Å². The Hall–Kier alpha value is -1.53. The van der Waals surface area contributed by atoms with E-state index in [1.807, 2.05) is 0 Å². The zero-order chi connectivity index (χ0) is 13.8. The highest BCUT2D eigenvalue weighted by atomic mass is 19.1. The van der Waals surface area contributed by atoms with Crippen molar-refractivity contribution in [3.8, 4) is 0 Å². The van der Waals surface area contributed by atoms with E-state index in [0.29, 0.717) is 13.1 Å². The molecular weight excluding hydrogens is 254 g/mol. The van der Waals surface area contributed by atoms with Crippen LogP contribution in [-0.2, 0) is 16.0 Å². The molecular formula is C13H16F2N2O2. The van der Waals surface area contributed by atoms with Crippen LogP contribution in [0, 0.1) is 11.6 Å². The Kier molecular flexibility index (Phi) is 4.44. The van der Waals surface area contributed by atoms with Gasteiger partial charge in [0.1, 0.15) is 11.6 Å². The van der Waals surface area contributed by atoms with Gasteiger partial charge in [0.05, 0.1) is 18.6 Å². The number of carbonyl (C=O) groups excluding carboxylic acids is 1. The number of halogens is 2. The van der Waals surface area contributed by atoms with E-state index < -0.39 is 11.6 Å². The quantitative estimate of drug-likeness (QED) is 0.843. The molecule has 1 unspecified atom stereocenters. The van der Waals surface area contributed by atoms with Crippen LogP contribution in [0.5, 0.6) is 0 Å². The average molecular weight is 270 g/mol. The van der Waals surface area contributed by atoms with Crippen LogP contribution in [0.4, 0.5) is 8.78 Å². The minimum absolute atomic E-state index is 0.0815. The van der Waals surface area contributed by atoms with Crippen molar-refractivity contribution >= 4 is 5.91 Å². The largest absolute Gasteiger partial charge is 0.378 e. The minimum atomic E-state index is -0.706. The molecule has 104 valence electrons. The predicted octanol–water partition coefficient (Wildman–Crippen LogP) is 0.610. The lowest BCUT2D eigenvalue weighted by Gasteiger charge is -2.18. The Morgan fingerprint density at radius 3 is 2.95 bits per heavy atom. The molecule has 0 radical (unpaired) electrons. The summed E-state index contributed by atoms with van der Waals surface area (Å²) in [6.45, 7) is 1.29. The first-order valence-electron chi connectivity index (χ1n) is 6.07. The Bertz CT molecular complexity index is 468. The summed E-state index contributed by atoms with van der Waals surface area (Å²) < 4.78 is 31.4. The lowest BCUT2D eigenvalue weighted by Crippen LogP contribution is -2.44. The Labute approximate surface area is 110 Å². The van der Waals surface area contributed by atoms with Crippen molar-refractivity contribution < 1.29 is 18.3 Å². The second-order valence-electron chi connectivity index (χ2n) is 4.52. The van der Waals surface area contributed by atoms with Crippen molar-refractivity contribution in [2.75, 3.05) is 20.2 Å². The fourth-order valence-corrected chi connectivity index (χ4v) is 2.14. The number of ether oxygens (including phenoxy) is 1. The molecule has 1 aromatic rings. The maximum absolute atomic E-state index is 13.4. The molecule has 1 saturated heterocycles. The van der Waals surface area contributed by atoms with Gasteiger partial charge in [-0.1, -0.05) is 6.07 Å². The fraction of sp³-hybridized carbons (Fsp3) is 0.462. The first-order valence-corrected chi connectivity index (χ1v) is 6.07. The molecule has 4 nitrogen and oxygen atoms in total. The highest BCUT2D eigenvalue weighted by Crippen LogP contribution is 2.11. The number of benzene rings is 1. The Balaban J connectivity index is 1.94. The van der Waals surface area contributed by atoms with Gasteiger partial charge in [-0.15, -0.1) is 0 Å². The number of carbonyl (C=O) groups is 1. The molecule has 2 rings (SSSR count). The van der Waals surface area contributed by atoms with E-state index in [0.717, 1.165) is 12.1 Å². The van der Waals surface area contributed by atoms with E-state index in [-0.39, 0.29) is 30.0 Å². The van der Waals surface area contributed by atoms with Crippen LogP contribution in [0.15, 0.2) is 18.2 Å². The van der Waals surface area contributed by atoms with Crippen molar-refractivity contribution in [1.29, 1.82) is 0 Å². The maximum Gasteiger partial charge on any atom is 0.224 e. The van der Waals surface area contributed by atoms with Crippen molar-refractivity contribution in [3.63, 3.8) is 0 Å². The molecule has 1 heterocycles. The van der Waals surface area contributed by atoms with E-state index in [2.05, 4.69) is 10.6 Å². The summed E-state index contributed by atoms with van der Waals surface area (Å²) in [4.78, 5) is 11.8. The number of nitrogens with one attached hydrogen (secondary N) is 2. The van der Waals surface area contributed by atoms with E-state index in [4.69, 9.17) is 4.74 Å². The molecule has 0 saturated carbocycles. The zero-order valence-corrected chi connectivity index (χ0v) is 10.6. The second kappa shape index (κ2) is 6.08. The van der Waals surface area contributed by atoms with Gasteiger partial charge in [-0.05, 0) is 11.6 Å². The topological polar surface area (TPSA) is 50.4 Å². The van der Waals surface area contributed by atoms with Crippen molar-refractivity contribution in [2.24, 2.45) is 0 Å². The summed E-state index contributed by atoms with van der Waals surface area (Å²) in [6, 6.07) is 3.07. The normalized spacial score (nSPS) is 22.5. The van der Waals surface area contributed by atoms with Crippen LogP contribution in [0.25, 0.3) is 0 Å². The lowest BCUT2D eigenvalue weighted by atomic mass is 10.1. The van der Waals surface area contributed by atoms with Gasteiger partial charge in [-0.2, -0.15) is 0 Å². The second-order valence-corrected chi connectivity index (χ2v) is 4.52. The summed E-state index contributed by atoms with van der Waals surface area (Å²) in [5, 5.41) is 5.88. The number of amides is 1. The first-order chi connectivity index (χ1) is 9.10. The summed E-state index contributed by atoms with van der Waals surface area (Å²) in [7, 11) is 1.58. The molecule has 0 aromatic heterocycles. The number of rotatable bonds is 4. The van der Waals surface area contributed by atoms with E-state index in [9.17, 15) is 13.6 Å². The monoisotopic (exact) mass is 270 g/mol. The van der Waals surface area contributed by atoms with Crippen molar-refractivity contribution in [3.05, 3.63) is 35.4 Å². The lowest BCUT2D eigenvalue weighted by molar-refractivity contribution is -0.121. The van der Waals surface area contributed by atoms with Gasteiger partial charge in [0.2, 0.25) is 5.91 Å². The third kappa shape index (κ3) is 3.48. The van der Waals surface area contributed by atoms with Crippen molar-refractivity contribution in [2.45, 2.75) is 18.6 Å². The Morgan fingerprint density at radius 1 is 1.47 bits per heavy atom. The molecule has 1 aliphatic heterocycles.